The van der Waals surface area contributed by atoms with Crippen molar-refractivity contribution in [2.45, 2.75) is 11.5 Å². The predicted octanol–water partition coefficient (Wildman–Crippen LogP) is 3.98. The Morgan fingerprint density at radius 3 is 1.89 bits per heavy atom. The second-order valence-corrected chi connectivity index (χ2v) is 6.08. The molecule has 0 spiro atoms. The van der Waals surface area contributed by atoms with E-state index in [9.17, 15) is 4.79 Å². The van der Waals surface area contributed by atoms with E-state index in [4.69, 9.17) is 5.73 Å². The molecule has 2 rings (SSSR count). The number of carbonyl (C=O) groups excluding carboxylic acids is 1. The number of halogens is 1. The Bertz CT molecular complexity index is 551. The average Bonchev–Trinajstić information content (AvgIpc) is 2.41. The van der Waals surface area contributed by atoms with E-state index in [-0.39, 0.29) is 5.91 Å². The van der Waals surface area contributed by atoms with Crippen LogP contribution in [-0.4, -0.2) is 5.91 Å². The van der Waals surface area contributed by atoms with Crippen molar-refractivity contribution < 1.29 is 4.79 Å². The monoisotopic (exact) mass is 335 g/mol. The number of benzene rings is 2. The number of hydrogen-bond donors (Lipinski definition) is 1. The summed E-state index contributed by atoms with van der Waals surface area (Å²) in [5.74, 6) is 1.52. The molecule has 98 valence electrons. The molecule has 0 atom stereocenters. The summed E-state index contributed by atoms with van der Waals surface area (Å²) in [6, 6.07) is 15.8. The van der Waals surface area contributed by atoms with Crippen molar-refractivity contribution in [3.63, 3.8) is 0 Å². The Labute approximate surface area is 125 Å². The lowest BCUT2D eigenvalue weighted by molar-refractivity contribution is 0.100. The highest BCUT2D eigenvalue weighted by Crippen LogP contribution is 2.19. The molecule has 0 heterocycles. The third kappa shape index (κ3) is 4.40. The fourth-order valence-corrected chi connectivity index (χ4v) is 2.86. The predicted molar refractivity (Wildman–Crippen MR) is 84.1 cm³/mol. The van der Waals surface area contributed by atoms with Crippen LogP contribution in [0, 0.1) is 0 Å². The largest absolute Gasteiger partial charge is 0.366 e. The Hall–Kier alpha value is -1.26. The quantitative estimate of drug-likeness (QED) is 0.897. The molecule has 0 aliphatic carbocycles. The summed E-state index contributed by atoms with van der Waals surface area (Å²) in [5.41, 5.74) is 8.27. The Morgan fingerprint density at radius 2 is 1.42 bits per heavy atom. The third-order valence-corrected chi connectivity index (χ3v) is 4.29. The van der Waals surface area contributed by atoms with Crippen LogP contribution in [0.5, 0.6) is 0 Å². The van der Waals surface area contributed by atoms with Crippen molar-refractivity contribution >= 4 is 33.6 Å². The number of rotatable bonds is 5. The lowest BCUT2D eigenvalue weighted by Crippen LogP contribution is -2.10. The second kappa shape index (κ2) is 6.78. The molecule has 0 fully saturated rings. The van der Waals surface area contributed by atoms with E-state index in [1.807, 2.05) is 23.9 Å². The van der Waals surface area contributed by atoms with Crippen LogP contribution in [0.3, 0.4) is 0 Å². The standard InChI is InChI=1S/C15H14BrNOS/c16-14-7-3-12(4-8-14)10-19-9-11-1-5-13(6-2-11)15(17)18/h1-8H,9-10H2,(H2,17,18). The lowest BCUT2D eigenvalue weighted by Gasteiger charge is -2.03. The third-order valence-electron chi connectivity index (χ3n) is 2.69. The van der Waals surface area contributed by atoms with Gasteiger partial charge in [-0.25, -0.2) is 0 Å². The fraction of sp³-hybridized carbons (Fsp3) is 0.133. The molecule has 2 N–H and O–H groups in total. The molecule has 0 saturated carbocycles. The Balaban J connectivity index is 1.85. The van der Waals surface area contributed by atoms with Gasteiger partial charge in [-0.05, 0) is 35.4 Å². The van der Waals surface area contributed by atoms with E-state index in [1.54, 1.807) is 12.1 Å². The van der Waals surface area contributed by atoms with Gasteiger partial charge in [0, 0.05) is 21.5 Å². The summed E-state index contributed by atoms with van der Waals surface area (Å²) in [6.07, 6.45) is 0. The highest BCUT2D eigenvalue weighted by atomic mass is 79.9. The number of primary amides is 1. The summed E-state index contributed by atoms with van der Waals surface area (Å²) >= 11 is 5.27. The number of thioether (sulfide) groups is 1. The maximum atomic E-state index is 11.0. The van der Waals surface area contributed by atoms with Crippen molar-refractivity contribution in [2.75, 3.05) is 0 Å². The van der Waals surface area contributed by atoms with Crippen LogP contribution in [0.4, 0.5) is 0 Å². The van der Waals surface area contributed by atoms with Gasteiger partial charge in [-0.1, -0.05) is 40.2 Å². The summed E-state index contributed by atoms with van der Waals surface area (Å²) in [4.78, 5) is 11.0. The normalized spacial score (nSPS) is 10.4. The van der Waals surface area contributed by atoms with Gasteiger partial charge in [0.15, 0.2) is 0 Å². The molecular formula is C15H14BrNOS. The first kappa shape index (κ1) is 14.2. The first-order chi connectivity index (χ1) is 9.15. The minimum absolute atomic E-state index is 0.380. The van der Waals surface area contributed by atoms with Gasteiger partial charge < -0.3 is 5.73 Å². The van der Waals surface area contributed by atoms with Crippen molar-refractivity contribution in [3.05, 3.63) is 69.7 Å². The van der Waals surface area contributed by atoms with Gasteiger partial charge in [0.05, 0.1) is 0 Å². The highest BCUT2D eigenvalue weighted by molar-refractivity contribution is 9.10. The molecule has 0 radical (unpaired) electrons. The average molecular weight is 336 g/mol. The van der Waals surface area contributed by atoms with Gasteiger partial charge in [-0.15, -0.1) is 0 Å². The zero-order valence-electron chi connectivity index (χ0n) is 10.3. The van der Waals surface area contributed by atoms with Crippen molar-refractivity contribution in [1.29, 1.82) is 0 Å². The van der Waals surface area contributed by atoms with Crippen LogP contribution >= 0.6 is 27.7 Å². The van der Waals surface area contributed by atoms with E-state index in [0.717, 1.165) is 16.0 Å². The van der Waals surface area contributed by atoms with E-state index >= 15 is 0 Å². The van der Waals surface area contributed by atoms with Crippen LogP contribution in [0.2, 0.25) is 0 Å². The molecule has 4 heteroatoms. The molecule has 0 aromatic heterocycles. The zero-order valence-corrected chi connectivity index (χ0v) is 12.7. The van der Waals surface area contributed by atoms with Crippen molar-refractivity contribution in [1.82, 2.24) is 0 Å². The molecule has 2 aromatic rings. The molecular weight excluding hydrogens is 322 g/mol. The van der Waals surface area contributed by atoms with Crippen LogP contribution in [0.15, 0.2) is 53.0 Å². The Morgan fingerprint density at radius 1 is 0.947 bits per heavy atom. The smallest absolute Gasteiger partial charge is 0.248 e. The van der Waals surface area contributed by atoms with E-state index < -0.39 is 0 Å². The molecule has 1 amide bonds. The van der Waals surface area contributed by atoms with Crippen LogP contribution in [0.25, 0.3) is 0 Å². The van der Waals surface area contributed by atoms with Gasteiger partial charge in [-0.3, -0.25) is 4.79 Å². The lowest BCUT2D eigenvalue weighted by atomic mass is 10.1. The van der Waals surface area contributed by atoms with Gasteiger partial charge >= 0.3 is 0 Å². The van der Waals surface area contributed by atoms with E-state index in [1.165, 1.54) is 11.1 Å². The molecule has 0 aliphatic rings. The highest BCUT2D eigenvalue weighted by Gasteiger charge is 2.00. The van der Waals surface area contributed by atoms with Crippen molar-refractivity contribution in [3.8, 4) is 0 Å². The summed E-state index contributed by atoms with van der Waals surface area (Å²) in [7, 11) is 0. The minimum Gasteiger partial charge on any atom is -0.366 e. The topological polar surface area (TPSA) is 43.1 Å². The molecule has 2 nitrogen and oxygen atoms in total. The Kier molecular flexibility index (Phi) is 5.05. The fourth-order valence-electron chi connectivity index (χ4n) is 1.63. The molecule has 0 saturated heterocycles. The molecule has 0 aliphatic heterocycles. The minimum atomic E-state index is -0.380. The zero-order chi connectivity index (χ0) is 13.7. The van der Waals surface area contributed by atoms with Gasteiger partial charge in [0.25, 0.3) is 0 Å². The molecule has 0 unspecified atom stereocenters. The van der Waals surface area contributed by atoms with E-state index in [2.05, 4.69) is 40.2 Å². The number of nitrogens with two attached hydrogens (primary N) is 1. The van der Waals surface area contributed by atoms with Crippen LogP contribution in [0.1, 0.15) is 21.5 Å². The first-order valence-corrected chi connectivity index (χ1v) is 7.81. The van der Waals surface area contributed by atoms with Gasteiger partial charge in [0.2, 0.25) is 5.91 Å². The molecule has 0 bridgehead atoms. The SMILES string of the molecule is NC(=O)c1ccc(CSCc2ccc(Br)cc2)cc1. The van der Waals surface area contributed by atoms with Gasteiger partial charge in [-0.2, -0.15) is 11.8 Å². The second-order valence-electron chi connectivity index (χ2n) is 4.18. The van der Waals surface area contributed by atoms with Crippen molar-refractivity contribution in [2.24, 2.45) is 5.73 Å². The maximum absolute atomic E-state index is 11.0. The number of carbonyl (C=O) groups is 1. The van der Waals surface area contributed by atoms with E-state index in [0.29, 0.717) is 5.56 Å². The molecule has 2 aromatic carbocycles. The summed E-state index contributed by atoms with van der Waals surface area (Å²) in [6.45, 7) is 0. The van der Waals surface area contributed by atoms with Crippen LogP contribution < -0.4 is 5.73 Å². The summed E-state index contributed by atoms with van der Waals surface area (Å²) < 4.78 is 1.10. The number of amides is 1. The van der Waals surface area contributed by atoms with Gasteiger partial charge in [0.1, 0.15) is 0 Å². The van der Waals surface area contributed by atoms with Crippen LogP contribution in [-0.2, 0) is 11.5 Å². The first-order valence-electron chi connectivity index (χ1n) is 5.86. The summed E-state index contributed by atoms with van der Waals surface area (Å²) in [5, 5.41) is 0. The maximum Gasteiger partial charge on any atom is 0.248 e. The molecule has 19 heavy (non-hydrogen) atoms. The number of hydrogen-bond acceptors (Lipinski definition) is 2.